The van der Waals surface area contributed by atoms with Crippen LogP contribution < -0.4 is 4.74 Å². The number of rotatable bonds is 6. The van der Waals surface area contributed by atoms with Crippen molar-refractivity contribution in [3.8, 4) is 5.88 Å². The number of benzene rings is 1. The molecular formula is C23H35NO3. The highest BCUT2D eigenvalue weighted by atomic mass is 16.5. The van der Waals surface area contributed by atoms with Crippen molar-refractivity contribution in [2.24, 2.45) is 0 Å². The van der Waals surface area contributed by atoms with Crippen LogP contribution >= 0.6 is 0 Å². The van der Waals surface area contributed by atoms with Crippen LogP contribution in [0.1, 0.15) is 52.7 Å². The van der Waals surface area contributed by atoms with Crippen LogP contribution in [0.15, 0.2) is 48.7 Å². The van der Waals surface area contributed by atoms with E-state index in [0.717, 1.165) is 18.6 Å². The van der Waals surface area contributed by atoms with E-state index in [4.69, 9.17) is 14.2 Å². The first kappa shape index (κ1) is 23.1. The van der Waals surface area contributed by atoms with Crippen molar-refractivity contribution >= 4 is 0 Å². The van der Waals surface area contributed by atoms with Gasteiger partial charge in [-0.3, -0.25) is 0 Å². The number of hydrogen-bond acceptors (Lipinski definition) is 4. The first-order valence-electron chi connectivity index (χ1n) is 9.40. The van der Waals surface area contributed by atoms with E-state index in [1.54, 1.807) is 13.3 Å². The first-order chi connectivity index (χ1) is 12.6. The van der Waals surface area contributed by atoms with E-state index in [1.807, 2.05) is 39.0 Å². The largest absolute Gasteiger partial charge is 0.481 e. The summed E-state index contributed by atoms with van der Waals surface area (Å²) in [4.78, 5) is 4.02. The molecule has 150 valence electrons. The van der Waals surface area contributed by atoms with Crippen molar-refractivity contribution in [3.05, 3.63) is 59.8 Å². The highest BCUT2D eigenvalue weighted by molar-refractivity contribution is 5.19. The summed E-state index contributed by atoms with van der Waals surface area (Å²) < 4.78 is 16.3. The first-order valence-corrected chi connectivity index (χ1v) is 9.40. The van der Waals surface area contributed by atoms with Gasteiger partial charge in [0.15, 0.2) is 0 Å². The minimum Gasteiger partial charge on any atom is -0.481 e. The van der Waals surface area contributed by atoms with Crippen LogP contribution in [0, 0.1) is 0 Å². The minimum atomic E-state index is -0.115. The van der Waals surface area contributed by atoms with Crippen LogP contribution in [-0.4, -0.2) is 29.9 Å². The number of ether oxygens (including phenoxy) is 3. The molecule has 0 aliphatic carbocycles. The van der Waals surface area contributed by atoms with Crippen LogP contribution in [0.2, 0.25) is 0 Å². The molecule has 27 heavy (non-hydrogen) atoms. The molecule has 0 N–H and O–H groups in total. The molecule has 0 unspecified atom stereocenters. The number of pyridine rings is 1. The summed E-state index contributed by atoms with van der Waals surface area (Å²) in [6.07, 6.45) is 2.72. The van der Waals surface area contributed by atoms with Gasteiger partial charge in [-0.25, -0.2) is 4.98 Å². The van der Waals surface area contributed by atoms with Crippen molar-refractivity contribution in [2.45, 2.75) is 65.8 Å². The second-order valence-corrected chi connectivity index (χ2v) is 8.30. The zero-order valence-corrected chi connectivity index (χ0v) is 17.9. The molecule has 1 aromatic carbocycles. The normalized spacial score (nSPS) is 11.5. The molecule has 4 heteroatoms. The summed E-state index contributed by atoms with van der Waals surface area (Å²) >= 11 is 0. The van der Waals surface area contributed by atoms with Gasteiger partial charge in [-0.15, -0.1) is 0 Å². The van der Waals surface area contributed by atoms with E-state index < -0.39 is 0 Å². The fraction of sp³-hybridized carbons (Fsp3) is 0.522. The fourth-order valence-corrected chi connectivity index (χ4v) is 2.07. The molecule has 0 fully saturated rings. The third-order valence-electron chi connectivity index (χ3n) is 3.45. The number of nitrogens with zero attached hydrogens (tertiary/aromatic N) is 1. The lowest BCUT2D eigenvalue weighted by Gasteiger charge is -2.19. The Bertz CT molecular complexity index is 643. The Morgan fingerprint density at radius 3 is 2.00 bits per heavy atom. The summed E-state index contributed by atoms with van der Waals surface area (Å²) in [6.45, 7) is 13.7. The Morgan fingerprint density at radius 1 is 0.815 bits per heavy atom. The topological polar surface area (TPSA) is 40.6 Å². The van der Waals surface area contributed by atoms with E-state index in [1.165, 1.54) is 5.56 Å². The molecule has 4 nitrogen and oxygen atoms in total. The minimum absolute atomic E-state index is 0.0191. The molecule has 0 amide bonds. The average molecular weight is 374 g/mol. The maximum absolute atomic E-state index is 5.63. The van der Waals surface area contributed by atoms with E-state index in [-0.39, 0.29) is 11.2 Å². The zero-order chi connectivity index (χ0) is 20.3. The monoisotopic (exact) mass is 373 g/mol. The Kier molecular flexibility index (Phi) is 9.47. The number of aromatic nitrogens is 1. The van der Waals surface area contributed by atoms with Crippen molar-refractivity contribution < 1.29 is 14.2 Å². The molecule has 1 heterocycles. The Morgan fingerprint density at radius 2 is 1.44 bits per heavy atom. The summed E-state index contributed by atoms with van der Waals surface area (Å²) in [5.41, 5.74) is 2.28. The van der Waals surface area contributed by atoms with Crippen molar-refractivity contribution in [1.29, 1.82) is 0 Å². The third-order valence-corrected chi connectivity index (χ3v) is 3.45. The van der Waals surface area contributed by atoms with E-state index in [9.17, 15) is 0 Å². The second kappa shape index (κ2) is 11.1. The maximum atomic E-state index is 5.63. The number of hydrogen-bond donors (Lipinski definition) is 0. The van der Waals surface area contributed by atoms with Gasteiger partial charge in [-0.1, -0.05) is 30.3 Å². The summed E-state index contributed by atoms with van der Waals surface area (Å²) in [5, 5.41) is 0. The summed E-state index contributed by atoms with van der Waals surface area (Å²) in [7, 11) is 1.61. The van der Waals surface area contributed by atoms with Gasteiger partial charge in [0.05, 0.1) is 31.5 Å². The molecule has 0 atom stereocenters. The van der Waals surface area contributed by atoms with Gasteiger partial charge in [0, 0.05) is 12.3 Å². The van der Waals surface area contributed by atoms with Crippen LogP contribution in [0.4, 0.5) is 0 Å². The summed E-state index contributed by atoms with van der Waals surface area (Å²) in [5.74, 6) is 0.625. The third kappa shape index (κ3) is 12.2. The highest BCUT2D eigenvalue weighted by Gasteiger charge is 2.10. The lowest BCUT2D eigenvalue weighted by Crippen LogP contribution is -2.20. The Balaban J connectivity index is 0.000000271. The average Bonchev–Trinajstić information content (AvgIpc) is 2.60. The molecule has 0 spiro atoms. The van der Waals surface area contributed by atoms with Crippen LogP contribution in [-0.2, 0) is 22.5 Å². The zero-order valence-electron chi connectivity index (χ0n) is 17.9. The molecule has 0 saturated heterocycles. The Labute approximate surface area is 164 Å². The molecule has 0 bridgehead atoms. The van der Waals surface area contributed by atoms with Crippen molar-refractivity contribution in [2.75, 3.05) is 13.7 Å². The van der Waals surface area contributed by atoms with Crippen LogP contribution in [0.25, 0.3) is 0 Å². The van der Waals surface area contributed by atoms with Crippen molar-refractivity contribution in [1.82, 2.24) is 4.98 Å². The smallest absolute Gasteiger partial charge is 0.213 e. The van der Waals surface area contributed by atoms with Crippen LogP contribution in [0.3, 0.4) is 0 Å². The standard InChI is InChI=1S/C12H18O.C11H17NO2/c1-12(2,3)13-10-9-11-7-5-4-6-8-11;1-11(2,3)14-8-9-5-6-12-10(7-9)13-4/h4-8H,9-10H2,1-3H3;5-7H,8H2,1-4H3. The predicted molar refractivity (Wildman–Crippen MR) is 111 cm³/mol. The summed E-state index contributed by atoms with van der Waals surface area (Å²) in [6, 6.07) is 14.2. The quantitative estimate of drug-likeness (QED) is 0.675. The predicted octanol–water partition coefficient (Wildman–Crippen LogP) is 5.45. The van der Waals surface area contributed by atoms with Gasteiger partial charge in [-0.2, -0.15) is 0 Å². The Hall–Kier alpha value is -1.91. The number of methoxy groups -OCH3 is 1. The molecular weight excluding hydrogens is 338 g/mol. The van der Waals surface area contributed by atoms with Gasteiger partial charge < -0.3 is 14.2 Å². The van der Waals surface area contributed by atoms with E-state index in [0.29, 0.717) is 12.5 Å². The van der Waals surface area contributed by atoms with Crippen molar-refractivity contribution in [3.63, 3.8) is 0 Å². The van der Waals surface area contributed by atoms with Gasteiger partial charge in [-0.05, 0) is 65.2 Å². The highest BCUT2D eigenvalue weighted by Crippen LogP contribution is 2.14. The van der Waals surface area contributed by atoms with Crippen LogP contribution in [0.5, 0.6) is 5.88 Å². The maximum Gasteiger partial charge on any atom is 0.213 e. The molecule has 0 aliphatic rings. The second-order valence-electron chi connectivity index (χ2n) is 8.30. The molecule has 0 aliphatic heterocycles. The van der Waals surface area contributed by atoms with E-state index in [2.05, 4.69) is 50.0 Å². The van der Waals surface area contributed by atoms with Gasteiger partial charge in [0.1, 0.15) is 0 Å². The SMILES string of the molecule is CC(C)(C)OCCc1ccccc1.COc1cc(COC(C)(C)C)ccn1. The van der Waals surface area contributed by atoms with Gasteiger partial charge >= 0.3 is 0 Å². The van der Waals surface area contributed by atoms with Gasteiger partial charge in [0.2, 0.25) is 5.88 Å². The lowest BCUT2D eigenvalue weighted by molar-refractivity contribution is -0.0150. The molecule has 1 aromatic heterocycles. The lowest BCUT2D eigenvalue weighted by atomic mass is 10.1. The molecule has 2 aromatic rings. The molecule has 2 rings (SSSR count). The molecule has 0 radical (unpaired) electrons. The fourth-order valence-electron chi connectivity index (χ4n) is 2.07. The van der Waals surface area contributed by atoms with Gasteiger partial charge in [0.25, 0.3) is 0 Å². The van der Waals surface area contributed by atoms with E-state index >= 15 is 0 Å². The molecule has 0 saturated carbocycles.